The molecule has 0 spiro atoms. The summed E-state index contributed by atoms with van der Waals surface area (Å²) in [5.74, 6) is -3.88. The van der Waals surface area contributed by atoms with Gasteiger partial charge in [-0.1, -0.05) is 39.0 Å². The maximum absolute atomic E-state index is 14.2. The van der Waals surface area contributed by atoms with Crippen molar-refractivity contribution in [3.05, 3.63) is 48.0 Å². The summed E-state index contributed by atoms with van der Waals surface area (Å²) in [6.45, 7) is 17.2. The van der Waals surface area contributed by atoms with Crippen LogP contribution in [0.2, 0.25) is 0 Å². The number of piperazine rings is 1. The zero-order valence-corrected chi connectivity index (χ0v) is 32.3. The van der Waals surface area contributed by atoms with E-state index in [1.807, 2.05) is 19.9 Å². The number of carbonyl (C=O) groups is 4. The Morgan fingerprint density at radius 2 is 1.71 bits per heavy atom. The second-order valence-electron chi connectivity index (χ2n) is 15.7. The van der Waals surface area contributed by atoms with Crippen LogP contribution in [0.3, 0.4) is 0 Å². The fraction of sp³-hybridized carbons (Fsp3) is 0.676. The van der Waals surface area contributed by atoms with E-state index in [0.29, 0.717) is 13.0 Å². The van der Waals surface area contributed by atoms with Gasteiger partial charge in [0.15, 0.2) is 24.1 Å². The molecular weight excluding hydrogens is 703 g/mol. The third-order valence-corrected chi connectivity index (χ3v) is 11.7. The van der Waals surface area contributed by atoms with Crippen LogP contribution in [0.5, 0.6) is 0 Å². The standard InChI is InChI=1S/C37H52N2O10.2ClH/c1-9-34(5)20-27(42)37(45)35(6)26(41)13-14-33(3,4)30(35)29(31(47-23(2)40)36(37,7)49-34)48-28(43)22-46-32(44)25-12-10-11-24(19-25)21-39-17-15-38(8)16-18-39;;/h9-12,19,26,29-31,41,45H,1,13-18,20-22H2,2-8H3;2*1H/t26-,29-,30-,31-,34-,35-,36+,37-;;/m0../s1. The van der Waals surface area contributed by atoms with E-state index in [1.165, 1.54) is 19.9 Å². The minimum atomic E-state index is -2.35. The van der Waals surface area contributed by atoms with Crippen molar-refractivity contribution >= 4 is 48.5 Å². The fourth-order valence-corrected chi connectivity index (χ4v) is 9.20. The third kappa shape index (κ3) is 7.47. The highest BCUT2D eigenvalue weighted by Gasteiger charge is 2.82. The average molecular weight is 758 g/mol. The number of rotatable bonds is 8. The topological polar surface area (TPSA) is 152 Å². The Bertz CT molecular complexity index is 1500. The molecule has 286 valence electrons. The lowest BCUT2D eigenvalue weighted by molar-refractivity contribution is -0.371. The molecule has 14 heteroatoms. The third-order valence-electron chi connectivity index (χ3n) is 11.7. The molecule has 4 fully saturated rings. The average Bonchev–Trinajstić information content (AvgIpc) is 3.03. The number of benzene rings is 1. The minimum Gasteiger partial charge on any atom is -0.455 e. The first-order valence-electron chi connectivity index (χ1n) is 17.1. The summed E-state index contributed by atoms with van der Waals surface area (Å²) in [6, 6.07) is 7.08. The summed E-state index contributed by atoms with van der Waals surface area (Å²) in [5.41, 5.74) is -6.70. The summed E-state index contributed by atoms with van der Waals surface area (Å²) in [7, 11) is 2.09. The molecule has 4 aliphatic rings. The number of Topliss-reactive ketones (excluding diaryl/α,β-unsaturated/α-hetero) is 1. The molecule has 2 saturated carbocycles. The van der Waals surface area contributed by atoms with Crippen LogP contribution in [-0.4, -0.2) is 119 Å². The molecule has 2 N–H and O–H groups in total. The van der Waals surface area contributed by atoms with E-state index in [1.54, 1.807) is 32.0 Å². The zero-order valence-electron chi connectivity index (χ0n) is 30.6. The molecular formula is C37H54Cl2N2O10. The number of fused-ring (bicyclic) bond motifs is 3. The number of carbonyl (C=O) groups excluding carboxylic acids is 4. The monoisotopic (exact) mass is 756 g/mol. The summed E-state index contributed by atoms with van der Waals surface area (Å²) < 4.78 is 23.9. The highest BCUT2D eigenvalue weighted by atomic mass is 35.5. The van der Waals surface area contributed by atoms with E-state index in [2.05, 4.69) is 23.4 Å². The molecule has 2 aliphatic heterocycles. The Morgan fingerprint density at radius 3 is 2.31 bits per heavy atom. The number of aliphatic hydroxyl groups is 2. The van der Waals surface area contributed by atoms with E-state index < -0.39 is 82.2 Å². The number of aliphatic hydroxyl groups excluding tert-OH is 1. The lowest BCUT2D eigenvalue weighted by Gasteiger charge is -2.71. The van der Waals surface area contributed by atoms with E-state index in [9.17, 15) is 29.4 Å². The number of esters is 3. The van der Waals surface area contributed by atoms with Crippen molar-refractivity contribution in [1.29, 1.82) is 0 Å². The van der Waals surface area contributed by atoms with E-state index in [4.69, 9.17) is 18.9 Å². The molecule has 1 aromatic rings. The fourth-order valence-electron chi connectivity index (χ4n) is 9.20. The molecule has 2 aliphatic carbocycles. The second kappa shape index (κ2) is 15.4. The Labute approximate surface area is 313 Å². The predicted molar refractivity (Wildman–Crippen MR) is 193 cm³/mol. The van der Waals surface area contributed by atoms with Crippen LogP contribution in [0.15, 0.2) is 36.9 Å². The molecule has 0 amide bonds. The molecule has 2 heterocycles. The van der Waals surface area contributed by atoms with Crippen LogP contribution < -0.4 is 0 Å². The largest absolute Gasteiger partial charge is 0.455 e. The normalized spacial score (nSPS) is 36.2. The van der Waals surface area contributed by atoms with Crippen molar-refractivity contribution in [1.82, 2.24) is 9.80 Å². The molecule has 12 nitrogen and oxygen atoms in total. The van der Waals surface area contributed by atoms with Crippen molar-refractivity contribution in [3.8, 4) is 0 Å². The second-order valence-corrected chi connectivity index (χ2v) is 15.7. The quantitative estimate of drug-likeness (QED) is 0.227. The Balaban J connectivity index is 0.00000351. The lowest BCUT2D eigenvalue weighted by Crippen LogP contribution is -2.87. The van der Waals surface area contributed by atoms with Crippen LogP contribution in [0.4, 0.5) is 0 Å². The number of hydrogen-bond acceptors (Lipinski definition) is 12. The number of likely N-dealkylation sites (N-methyl/N-ethyl adjacent to an activating group) is 1. The van der Waals surface area contributed by atoms with Gasteiger partial charge in [0.1, 0.15) is 11.7 Å². The molecule has 0 bridgehead atoms. The predicted octanol–water partition coefficient (Wildman–Crippen LogP) is 3.52. The lowest BCUT2D eigenvalue weighted by atomic mass is 9.39. The number of halogens is 2. The van der Waals surface area contributed by atoms with Gasteiger partial charge in [-0.2, -0.15) is 0 Å². The molecule has 51 heavy (non-hydrogen) atoms. The highest BCUT2D eigenvalue weighted by Crippen LogP contribution is 2.67. The maximum atomic E-state index is 14.2. The summed E-state index contributed by atoms with van der Waals surface area (Å²) in [4.78, 5) is 58.1. The summed E-state index contributed by atoms with van der Waals surface area (Å²) >= 11 is 0. The summed E-state index contributed by atoms with van der Waals surface area (Å²) in [5, 5.41) is 24.4. The first-order valence-corrected chi connectivity index (χ1v) is 17.1. The van der Waals surface area contributed by atoms with Crippen LogP contribution >= 0.6 is 24.8 Å². The van der Waals surface area contributed by atoms with Gasteiger partial charge in [0.05, 0.1) is 17.3 Å². The van der Waals surface area contributed by atoms with Gasteiger partial charge >= 0.3 is 17.9 Å². The van der Waals surface area contributed by atoms with Gasteiger partial charge in [0, 0.05) is 57.4 Å². The van der Waals surface area contributed by atoms with Gasteiger partial charge in [-0.3, -0.25) is 14.5 Å². The first-order chi connectivity index (χ1) is 22.8. The Morgan fingerprint density at radius 1 is 1.06 bits per heavy atom. The van der Waals surface area contributed by atoms with Crippen molar-refractivity contribution in [2.75, 3.05) is 39.8 Å². The Kier molecular flexibility index (Phi) is 12.9. The van der Waals surface area contributed by atoms with Crippen molar-refractivity contribution < 1.29 is 48.3 Å². The van der Waals surface area contributed by atoms with Gasteiger partial charge in [0.25, 0.3) is 0 Å². The van der Waals surface area contributed by atoms with Crippen LogP contribution in [0.25, 0.3) is 0 Å². The molecule has 0 radical (unpaired) electrons. The molecule has 2 saturated heterocycles. The van der Waals surface area contributed by atoms with Crippen molar-refractivity contribution in [2.24, 2.45) is 16.7 Å². The van der Waals surface area contributed by atoms with Crippen molar-refractivity contribution in [3.63, 3.8) is 0 Å². The number of hydrogen-bond donors (Lipinski definition) is 2. The Hall–Kier alpha value is -2.58. The van der Waals surface area contributed by atoms with E-state index in [-0.39, 0.29) is 43.2 Å². The molecule has 1 aromatic carbocycles. The highest BCUT2D eigenvalue weighted by molar-refractivity contribution is 5.93. The molecule has 0 unspecified atom stereocenters. The van der Waals surface area contributed by atoms with E-state index in [0.717, 1.165) is 31.7 Å². The number of nitrogens with zero attached hydrogens (tertiary/aromatic N) is 2. The number of ketones is 1. The van der Waals surface area contributed by atoms with Gasteiger partial charge in [-0.15, -0.1) is 31.4 Å². The molecule has 0 aromatic heterocycles. The molecule has 5 rings (SSSR count). The van der Waals surface area contributed by atoms with E-state index >= 15 is 0 Å². The smallest absolute Gasteiger partial charge is 0.344 e. The van der Waals surface area contributed by atoms with Crippen LogP contribution in [0, 0.1) is 16.7 Å². The number of ether oxygens (including phenoxy) is 4. The summed E-state index contributed by atoms with van der Waals surface area (Å²) in [6.07, 6.45) is -2.06. The maximum Gasteiger partial charge on any atom is 0.344 e. The van der Waals surface area contributed by atoms with Crippen molar-refractivity contribution in [2.45, 2.75) is 102 Å². The SMILES string of the molecule is C=C[C@@]1(C)CC(=O)[C@]2(O)[C@@]3(C)[C@@H](O)CCC(C)(C)[C@@H]3[C@H](OC(=O)COC(=O)c3cccc(CN4CCN(C)CC4)c3)[C@H](OC(C)=O)[C@@]2(C)O1.Cl.Cl. The van der Waals surface area contributed by atoms with Crippen LogP contribution in [-0.2, 0) is 39.9 Å². The van der Waals surface area contributed by atoms with Gasteiger partial charge < -0.3 is 34.1 Å². The zero-order chi connectivity index (χ0) is 36.2. The molecule has 8 atom stereocenters. The van der Waals surface area contributed by atoms with Gasteiger partial charge in [-0.05, 0) is 56.8 Å². The van der Waals surface area contributed by atoms with Crippen LogP contribution in [0.1, 0.15) is 76.7 Å². The first kappa shape index (κ1) is 42.8. The minimum absolute atomic E-state index is 0. The van der Waals surface area contributed by atoms with Gasteiger partial charge in [0.2, 0.25) is 0 Å². The van der Waals surface area contributed by atoms with Gasteiger partial charge in [-0.25, -0.2) is 9.59 Å².